The largest absolute Gasteiger partial charge is 0.325 e. The van der Waals surface area contributed by atoms with Gasteiger partial charge in [-0.25, -0.2) is 4.68 Å². The van der Waals surface area contributed by atoms with Crippen LogP contribution < -0.4 is 5.32 Å². The van der Waals surface area contributed by atoms with E-state index >= 15 is 0 Å². The summed E-state index contributed by atoms with van der Waals surface area (Å²) in [6, 6.07) is 15.5. The second kappa shape index (κ2) is 8.23. The van der Waals surface area contributed by atoms with E-state index in [4.69, 9.17) is 11.6 Å². The number of thioether (sulfide) groups is 1. The number of rotatable bonds is 6. The molecule has 0 aliphatic carbocycles. The minimum atomic E-state index is -0.0106. The van der Waals surface area contributed by atoms with Gasteiger partial charge < -0.3 is 5.32 Å². The fraction of sp³-hybridized carbons (Fsp3) is 0.158. The molecule has 0 fully saturated rings. The number of aromatic nitrogens is 2. The maximum absolute atomic E-state index is 12.1. The van der Waals surface area contributed by atoms with Crippen LogP contribution >= 0.6 is 23.4 Å². The summed E-state index contributed by atoms with van der Waals surface area (Å²) in [5, 5.41) is 7.80. The number of hydrogen-bond donors (Lipinski definition) is 1. The number of anilines is 1. The van der Waals surface area contributed by atoms with E-state index in [1.54, 1.807) is 24.0 Å². The van der Waals surface area contributed by atoms with Crippen LogP contribution in [-0.4, -0.2) is 21.4 Å². The Hall–Kier alpha value is -2.24. The molecule has 128 valence electrons. The molecule has 1 N–H and O–H groups in total. The van der Waals surface area contributed by atoms with Gasteiger partial charge in [-0.15, -0.1) is 11.8 Å². The molecule has 0 aliphatic heterocycles. The lowest BCUT2D eigenvalue weighted by atomic mass is 10.2. The standard InChI is InChI=1S/C19H18ClN3OS/c1-14-11-16(20)5-8-18(14)22-19(24)13-25-12-15-3-6-17(7-4-15)23-10-2-9-21-23/h2-11H,12-13H2,1H3,(H,22,24). The van der Waals surface area contributed by atoms with E-state index in [-0.39, 0.29) is 5.91 Å². The lowest BCUT2D eigenvalue weighted by Crippen LogP contribution is -2.14. The van der Waals surface area contributed by atoms with Gasteiger partial charge in [0, 0.05) is 28.9 Å². The van der Waals surface area contributed by atoms with Crippen LogP contribution in [0.4, 0.5) is 5.69 Å². The molecule has 1 amide bonds. The van der Waals surface area contributed by atoms with Crippen LogP contribution in [0, 0.1) is 6.92 Å². The fourth-order valence-corrected chi connectivity index (χ4v) is 3.40. The first-order valence-electron chi connectivity index (χ1n) is 7.84. The van der Waals surface area contributed by atoms with Crippen molar-refractivity contribution in [2.75, 3.05) is 11.1 Å². The molecule has 0 radical (unpaired) electrons. The molecule has 0 aliphatic rings. The predicted octanol–water partition coefficient (Wildman–Crippen LogP) is 4.71. The molecular formula is C19H18ClN3OS. The molecule has 6 heteroatoms. The Bertz CT molecular complexity index is 848. The average Bonchev–Trinajstić information content (AvgIpc) is 3.13. The Morgan fingerprint density at radius 1 is 1.24 bits per heavy atom. The highest BCUT2D eigenvalue weighted by Gasteiger charge is 2.06. The number of benzene rings is 2. The van der Waals surface area contributed by atoms with Crippen molar-refractivity contribution < 1.29 is 4.79 Å². The molecule has 3 rings (SSSR count). The van der Waals surface area contributed by atoms with Crippen molar-refractivity contribution in [2.45, 2.75) is 12.7 Å². The third kappa shape index (κ3) is 4.87. The predicted molar refractivity (Wildman–Crippen MR) is 105 cm³/mol. The van der Waals surface area contributed by atoms with Crippen molar-refractivity contribution >= 4 is 35.0 Å². The Balaban J connectivity index is 1.48. The fourth-order valence-electron chi connectivity index (χ4n) is 2.38. The Morgan fingerprint density at radius 2 is 2.04 bits per heavy atom. The summed E-state index contributed by atoms with van der Waals surface area (Å²) in [4.78, 5) is 12.1. The molecule has 0 saturated carbocycles. The Morgan fingerprint density at radius 3 is 2.72 bits per heavy atom. The molecule has 0 atom stereocenters. The normalized spacial score (nSPS) is 10.6. The highest BCUT2D eigenvalue weighted by Crippen LogP contribution is 2.20. The van der Waals surface area contributed by atoms with Gasteiger partial charge in [0.25, 0.3) is 0 Å². The van der Waals surface area contributed by atoms with Crippen LogP contribution in [-0.2, 0) is 10.5 Å². The monoisotopic (exact) mass is 371 g/mol. The van der Waals surface area contributed by atoms with E-state index in [1.807, 2.05) is 48.1 Å². The van der Waals surface area contributed by atoms with Crippen molar-refractivity contribution in [1.82, 2.24) is 9.78 Å². The van der Waals surface area contributed by atoms with Gasteiger partial charge in [-0.05, 0) is 54.4 Å². The van der Waals surface area contributed by atoms with E-state index in [0.29, 0.717) is 10.8 Å². The van der Waals surface area contributed by atoms with Crippen LogP contribution in [0.2, 0.25) is 5.02 Å². The van der Waals surface area contributed by atoms with Crippen LogP contribution in [0.1, 0.15) is 11.1 Å². The minimum Gasteiger partial charge on any atom is -0.325 e. The number of hydrogen-bond acceptors (Lipinski definition) is 3. The second-order valence-electron chi connectivity index (χ2n) is 5.62. The molecule has 1 heterocycles. The summed E-state index contributed by atoms with van der Waals surface area (Å²) in [6.45, 7) is 1.93. The third-order valence-corrected chi connectivity index (χ3v) is 4.91. The topological polar surface area (TPSA) is 46.9 Å². The van der Waals surface area contributed by atoms with Crippen LogP contribution in [0.25, 0.3) is 5.69 Å². The number of carbonyl (C=O) groups excluding carboxylic acids is 1. The quantitative estimate of drug-likeness (QED) is 0.682. The number of amides is 1. The van der Waals surface area contributed by atoms with Crippen LogP contribution in [0.15, 0.2) is 60.9 Å². The number of nitrogens with one attached hydrogen (secondary N) is 1. The number of aryl methyl sites for hydroxylation is 1. The van der Waals surface area contributed by atoms with Gasteiger partial charge in [0.15, 0.2) is 0 Å². The summed E-state index contributed by atoms with van der Waals surface area (Å²) >= 11 is 7.51. The zero-order valence-electron chi connectivity index (χ0n) is 13.8. The molecule has 3 aromatic rings. The van der Waals surface area contributed by atoms with Gasteiger partial charge in [0.05, 0.1) is 11.4 Å². The molecule has 0 saturated heterocycles. The molecule has 0 bridgehead atoms. The van der Waals surface area contributed by atoms with Crippen LogP contribution in [0.5, 0.6) is 0 Å². The van der Waals surface area contributed by atoms with Crippen molar-refractivity contribution in [3.63, 3.8) is 0 Å². The zero-order chi connectivity index (χ0) is 17.6. The van der Waals surface area contributed by atoms with Gasteiger partial charge in [-0.2, -0.15) is 5.10 Å². The highest BCUT2D eigenvalue weighted by atomic mass is 35.5. The summed E-state index contributed by atoms with van der Waals surface area (Å²) < 4.78 is 1.82. The maximum Gasteiger partial charge on any atom is 0.234 e. The van der Waals surface area contributed by atoms with E-state index in [1.165, 1.54) is 5.56 Å². The van der Waals surface area contributed by atoms with Crippen molar-refractivity contribution in [1.29, 1.82) is 0 Å². The average molecular weight is 372 g/mol. The van der Waals surface area contributed by atoms with Gasteiger partial charge in [-0.3, -0.25) is 4.79 Å². The number of nitrogens with zero attached hydrogens (tertiary/aromatic N) is 2. The lowest BCUT2D eigenvalue weighted by molar-refractivity contribution is -0.113. The van der Waals surface area contributed by atoms with Crippen LogP contribution in [0.3, 0.4) is 0 Å². The third-order valence-electron chi connectivity index (χ3n) is 3.67. The molecule has 0 unspecified atom stereocenters. The van der Waals surface area contributed by atoms with E-state index in [2.05, 4.69) is 22.5 Å². The number of halogens is 1. The van der Waals surface area contributed by atoms with E-state index < -0.39 is 0 Å². The van der Waals surface area contributed by atoms with Gasteiger partial charge in [0.2, 0.25) is 5.91 Å². The summed E-state index contributed by atoms with van der Waals surface area (Å²) in [7, 11) is 0. The molecule has 2 aromatic carbocycles. The van der Waals surface area contributed by atoms with Gasteiger partial charge in [-0.1, -0.05) is 23.7 Å². The molecular weight excluding hydrogens is 354 g/mol. The van der Waals surface area contributed by atoms with Crippen molar-refractivity contribution in [2.24, 2.45) is 0 Å². The Kier molecular flexibility index (Phi) is 5.79. The first-order valence-corrected chi connectivity index (χ1v) is 9.38. The van der Waals surface area contributed by atoms with Crippen molar-refractivity contribution in [3.8, 4) is 5.69 Å². The summed E-state index contributed by atoms with van der Waals surface area (Å²) in [5.41, 5.74) is 3.96. The summed E-state index contributed by atoms with van der Waals surface area (Å²) in [5.74, 6) is 1.18. The maximum atomic E-state index is 12.1. The van der Waals surface area contributed by atoms with Gasteiger partial charge in [0.1, 0.15) is 0 Å². The molecule has 4 nitrogen and oxygen atoms in total. The first kappa shape index (κ1) is 17.6. The van der Waals surface area contributed by atoms with Gasteiger partial charge >= 0.3 is 0 Å². The van der Waals surface area contributed by atoms with Crippen molar-refractivity contribution in [3.05, 3.63) is 77.1 Å². The number of carbonyl (C=O) groups is 1. The Labute approximate surface area is 156 Å². The highest BCUT2D eigenvalue weighted by molar-refractivity contribution is 7.99. The molecule has 1 aromatic heterocycles. The minimum absolute atomic E-state index is 0.0106. The zero-order valence-corrected chi connectivity index (χ0v) is 15.3. The lowest BCUT2D eigenvalue weighted by Gasteiger charge is -2.09. The van der Waals surface area contributed by atoms with E-state index in [9.17, 15) is 4.79 Å². The van der Waals surface area contributed by atoms with E-state index in [0.717, 1.165) is 22.7 Å². The smallest absolute Gasteiger partial charge is 0.234 e. The molecule has 0 spiro atoms. The first-order chi connectivity index (χ1) is 12.1. The SMILES string of the molecule is Cc1cc(Cl)ccc1NC(=O)CSCc1ccc(-n2cccn2)cc1. The molecule has 25 heavy (non-hydrogen) atoms. The second-order valence-corrected chi connectivity index (χ2v) is 7.04. The summed E-state index contributed by atoms with van der Waals surface area (Å²) in [6.07, 6.45) is 3.66.